The summed E-state index contributed by atoms with van der Waals surface area (Å²) in [6.45, 7) is 6.10. The molecule has 1 aromatic heterocycles. The fraction of sp³-hybridized carbons (Fsp3) is 0.333. The van der Waals surface area contributed by atoms with Gasteiger partial charge in [0, 0.05) is 29.2 Å². The number of benzene rings is 1. The summed E-state index contributed by atoms with van der Waals surface area (Å²) >= 11 is 0. The number of hydrogen-bond donors (Lipinski definition) is 1. The Hall–Kier alpha value is -2.10. The molecule has 0 atom stereocenters. The monoisotopic (exact) mass is 259 g/mol. The van der Waals surface area contributed by atoms with Crippen molar-refractivity contribution in [2.45, 2.75) is 33.7 Å². The van der Waals surface area contributed by atoms with Crippen LogP contribution in [-0.2, 0) is 6.54 Å². The van der Waals surface area contributed by atoms with E-state index in [1.165, 1.54) is 6.92 Å². The highest BCUT2D eigenvalue weighted by Gasteiger charge is 2.16. The lowest BCUT2D eigenvalue weighted by atomic mass is 10.0. The van der Waals surface area contributed by atoms with Gasteiger partial charge in [-0.05, 0) is 38.0 Å². The van der Waals surface area contributed by atoms with Crippen LogP contribution in [-0.4, -0.2) is 21.4 Å². The minimum Gasteiger partial charge on any atom is -0.478 e. The molecule has 2 rings (SSSR count). The van der Waals surface area contributed by atoms with Crippen LogP contribution >= 0.6 is 0 Å². The van der Waals surface area contributed by atoms with Gasteiger partial charge in [-0.15, -0.1) is 0 Å². The minimum atomic E-state index is -0.937. The van der Waals surface area contributed by atoms with Gasteiger partial charge >= 0.3 is 5.97 Å². The first-order chi connectivity index (χ1) is 8.95. The van der Waals surface area contributed by atoms with E-state index in [0.29, 0.717) is 11.1 Å². The molecule has 1 heterocycles. The molecular formula is C15H17NO3. The van der Waals surface area contributed by atoms with E-state index in [2.05, 4.69) is 0 Å². The molecule has 1 N–H and O–H groups in total. The number of hydrogen-bond acceptors (Lipinski definition) is 2. The third kappa shape index (κ3) is 2.26. The number of aromatic nitrogens is 1. The molecule has 0 unspecified atom stereocenters. The summed E-state index contributed by atoms with van der Waals surface area (Å²) in [6.07, 6.45) is 2.75. The van der Waals surface area contributed by atoms with Gasteiger partial charge in [-0.2, -0.15) is 0 Å². The number of aromatic carboxylic acids is 1. The molecule has 0 aliphatic rings. The van der Waals surface area contributed by atoms with Crippen LogP contribution in [0.3, 0.4) is 0 Å². The lowest BCUT2D eigenvalue weighted by molar-refractivity contribution is 0.0696. The second kappa shape index (κ2) is 4.88. The Balaban J connectivity index is 2.79. The molecule has 0 fully saturated rings. The lowest BCUT2D eigenvalue weighted by Gasteiger charge is -2.05. The number of aryl methyl sites for hydroxylation is 2. The largest absolute Gasteiger partial charge is 0.478 e. The number of Topliss-reactive ketones (excluding diaryl/α,β-unsaturated/α-hetero) is 1. The predicted octanol–water partition coefficient (Wildman–Crippen LogP) is 3.26. The first-order valence-electron chi connectivity index (χ1n) is 6.33. The molecular weight excluding hydrogens is 242 g/mol. The molecule has 100 valence electrons. The summed E-state index contributed by atoms with van der Waals surface area (Å²) in [5.41, 5.74) is 2.44. The summed E-state index contributed by atoms with van der Waals surface area (Å²) in [6, 6.07) is 3.46. The maximum atomic E-state index is 11.7. The van der Waals surface area contributed by atoms with Crippen LogP contribution in [0.2, 0.25) is 0 Å². The highest BCUT2D eigenvalue weighted by molar-refractivity contribution is 6.08. The highest BCUT2D eigenvalue weighted by atomic mass is 16.4. The fourth-order valence-corrected chi connectivity index (χ4v) is 2.38. The Morgan fingerprint density at radius 3 is 2.47 bits per heavy atom. The zero-order valence-corrected chi connectivity index (χ0v) is 11.4. The quantitative estimate of drug-likeness (QED) is 0.857. The van der Waals surface area contributed by atoms with E-state index in [0.717, 1.165) is 23.9 Å². The topological polar surface area (TPSA) is 59.3 Å². The van der Waals surface area contributed by atoms with E-state index < -0.39 is 5.97 Å². The standard InChI is InChI=1S/C15H17NO3/c1-4-5-16-8-13(10(3)17)12-6-9(2)11(15(18)19)7-14(12)16/h6-8H,4-5H2,1-3H3,(H,18,19). The molecule has 0 radical (unpaired) electrons. The van der Waals surface area contributed by atoms with E-state index >= 15 is 0 Å². The van der Waals surface area contributed by atoms with Crippen LogP contribution in [0.4, 0.5) is 0 Å². The van der Waals surface area contributed by atoms with Crippen molar-refractivity contribution in [3.05, 3.63) is 35.0 Å². The molecule has 4 nitrogen and oxygen atoms in total. The normalized spacial score (nSPS) is 10.9. The second-order valence-corrected chi connectivity index (χ2v) is 4.78. The van der Waals surface area contributed by atoms with Gasteiger partial charge in [-0.1, -0.05) is 6.92 Å². The zero-order chi connectivity index (χ0) is 14.2. The van der Waals surface area contributed by atoms with Gasteiger partial charge in [-0.3, -0.25) is 4.79 Å². The van der Waals surface area contributed by atoms with Crippen LogP contribution in [0.25, 0.3) is 10.9 Å². The molecule has 0 aliphatic heterocycles. The molecule has 0 spiro atoms. The van der Waals surface area contributed by atoms with Gasteiger partial charge in [0.25, 0.3) is 0 Å². The summed E-state index contributed by atoms with van der Waals surface area (Å²) in [5.74, 6) is -0.935. The Morgan fingerprint density at radius 1 is 1.26 bits per heavy atom. The van der Waals surface area contributed by atoms with Crippen molar-refractivity contribution in [2.24, 2.45) is 0 Å². The van der Waals surface area contributed by atoms with E-state index in [4.69, 9.17) is 0 Å². The second-order valence-electron chi connectivity index (χ2n) is 4.78. The number of carbonyl (C=O) groups excluding carboxylic acids is 1. The van der Waals surface area contributed by atoms with Gasteiger partial charge in [0.1, 0.15) is 0 Å². The fourth-order valence-electron chi connectivity index (χ4n) is 2.38. The van der Waals surface area contributed by atoms with E-state index in [1.54, 1.807) is 19.1 Å². The van der Waals surface area contributed by atoms with E-state index in [9.17, 15) is 14.7 Å². The van der Waals surface area contributed by atoms with Crippen LogP contribution in [0.5, 0.6) is 0 Å². The van der Waals surface area contributed by atoms with Gasteiger partial charge in [0.05, 0.1) is 5.56 Å². The molecule has 2 aromatic rings. The van der Waals surface area contributed by atoms with Crippen molar-refractivity contribution in [3.63, 3.8) is 0 Å². The average Bonchev–Trinajstić information content (AvgIpc) is 2.66. The van der Waals surface area contributed by atoms with E-state index in [1.807, 2.05) is 17.7 Å². The summed E-state index contributed by atoms with van der Waals surface area (Å²) in [4.78, 5) is 22.9. The Morgan fingerprint density at radius 2 is 1.95 bits per heavy atom. The van der Waals surface area contributed by atoms with Crippen molar-refractivity contribution in [1.82, 2.24) is 4.57 Å². The predicted molar refractivity (Wildman–Crippen MR) is 73.9 cm³/mol. The third-order valence-electron chi connectivity index (χ3n) is 3.30. The summed E-state index contributed by atoms with van der Waals surface area (Å²) in [5, 5.41) is 10.0. The van der Waals surface area contributed by atoms with Gasteiger partial charge in [-0.25, -0.2) is 4.79 Å². The first kappa shape index (κ1) is 13.3. The Bertz CT molecular complexity index is 668. The van der Waals surface area contributed by atoms with Crippen LogP contribution in [0, 0.1) is 6.92 Å². The number of carboxylic acid groups (broad SMARTS) is 1. The van der Waals surface area contributed by atoms with Crippen molar-refractivity contribution >= 4 is 22.7 Å². The molecule has 0 saturated carbocycles. The Kier molecular flexibility index (Phi) is 3.42. The molecule has 19 heavy (non-hydrogen) atoms. The van der Waals surface area contributed by atoms with Crippen LogP contribution in [0.1, 0.15) is 46.5 Å². The number of fused-ring (bicyclic) bond motifs is 1. The van der Waals surface area contributed by atoms with Gasteiger partial charge < -0.3 is 9.67 Å². The average molecular weight is 259 g/mol. The maximum absolute atomic E-state index is 11.7. The minimum absolute atomic E-state index is 0.00216. The molecule has 0 amide bonds. The van der Waals surface area contributed by atoms with Crippen molar-refractivity contribution < 1.29 is 14.7 Å². The van der Waals surface area contributed by atoms with Gasteiger partial charge in [0.2, 0.25) is 0 Å². The van der Waals surface area contributed by atoms with E-state index in [-0.39, 0.29) is 11.3 Å². The number of rotatable bonds is 4. The van der Waals surface area contributed by atoms with Crippen LogP contribution < -0.4 is 0 Å². The van der Waals surface area contributed by atoms with Crippen LogP contribution in [0.15, 0.2) is 18.3 Å². The molecule has 0 aliphatic carbocycles. The third-order valence-corrected chi connectivity index (χ3v) is 3.30. The number of nitrogens with zero attached hydrogens (tertiary/aromatic N) is 1. The molecule has 0 bridgehead atoms. The van der Waals surface area contributed by atoms with Crippen molar-refractivity contribution in [2.75, 3.05) is 0 Å². The van der Waals surface area contributed by atoms with Crippen molar-refractivity contribution in [3.8, 4) is 0 Å². The number of ketones is 1. The summed E-state index contributed by atoms with van der Waals surface area (Å²) in [7, 11) is 0. The van der Waals surface area contributed by atoms with Crippen molar-refractivity contribution in [1.29, 1.82) is 0 Å². The first-order valence-corrected chi connectivity index (χ1v) is 6.33. The van der Waals surface area contributed by atoms with Gasteiger partial charge in [0.15, 0.2) is 5.78 Å². The lowest BCUT2D eigenvalue weighted by Crippen LogP contribution is -2.01. The number of carboxylic acids is 1. The maximum Gasteiger partial charge on any atom is 0.336 e. The summed E-state index contributed by atoms with van der Waals surface area (Å²) < 4.78 is 1.96. The molecule has 4 heteroatoms. The zero-order valence-electron chi connectivity index (χ0n) is 11.4. The highest BCUT2D eigenvalue weighted by Crippen LogP contribution is 2.26. The SMILES string of the molecule is CCCn1cc(C(C)=O)c2cc(C)c(C(=O)O)cc21. The smallest absolute Gasteiger partial charge is 0.336 e. The molecule has 0 saturated heterocycles. The number of carbonyl (C=O) groups is 2. The Labute approximate surface area is 111 Å². The molecule has 1 aromatic carbocycles.